The third-order valence-corrected chi connectivity index (χ3v) is 8.08. The molecule has 2 heterocycles. The van der Waals surface area contributed by atoms with Crippen molar-refractivity contribution in [3.8, 4) is 0 Å². The zero-order valence-electron chi connectivity index (χ0n) is 23.1. The van der Waals surface area contributed by atoms with E-state index in [2.05, 4.69) is 34.1 Å². The summed E-state index contributed by atoms with van der Waals surface area (Å²) in [6.45, 7) is 4.03. The Balaban J connectivity index is 1.27. The van der Waals surface area contributed by atoms with Crippen LogP contribution in [0.4, 0.5) is 26.3 Å². The Labute approximate surface area is 241 Å². The maximum absolute atomic E-state index is 13.4. The highest BCUT2D eigenvalue weighted by molar-refractivity contribution is 5.33. The zero-order valence-corrected chi connectivity index (χ0v) is 23.1. The second-order valence-electron chi connectivity index (χ2n) is 10.9. The molecule has 2 fully saturated rings. The summed E-state index contributed by atoms with van der Waals surface area (Å²) in [4.78, 5) is 4.67. The number of rotatable bonds is 8. The molecule has 42 heavy (non-hydrogen) atoms. The molecule has 2 aliphatic rings. The van der Waals surface area contributed by atoms with Crippen LogP contribution in [-0.2, 0) is 28.4 Å². The molecule has 0 N–H and O–H groups in total. The highest BCUT2D eigenvalue weighted by Gasteiger charge is 2.38. The molecule has 0 aromatic heterocycles. The van der Waals surface area contributed by atoms with Crippen molar-refractivity contribution in [3.05, 3.63) is 107 Å². The van der Waals surface area contributed by atoms with Crippen LogP contribution in [0.15, 0.2) is 78.9 Å². The van der Waals surface area contributed by atoms with E-state index in [9.17, 15) is 26.3 Å². The molecule has 0 saturated carbocycles. The van der Waals surface area contributed by atoms with Crippen LogP contribution in [0.25, 0.3) is 0 Å². The fourth-order valence-electron chi connectivity index (χ4n) is 5.86. The minimum absolute atomic E-state index is 0.123. The summed E-state index contributed by atoms with van der Waals surface area (Å²) in [5.74, 6) is 0.550. The maximum atomic E-state index is 13.4. The van der Waals surface area contributed by atoms with E-state index in [0.29, 0.717) is 31.2 Å². The SMILES string of the molecule is FC(F)(F)c1cc(COC2OCCN(CCN3CCC(c4ccccc4)CC3)C2c2ccccc2)cc(C(F)(F)F)c1. The smallest absolute Gasteiger partial charge is 0.349 e. The highest BCUT2D eigenvalue weighted by atomic mass is 19.4. The Kier molecular flexibility index (Phi) is 9.57. The minimum Gasteiger partial charge on any atom is -0.349 e. The van der Waals surface area contributed by atoms with Crippen molar-refractivity contribution in [2.75, 3.05) is 39.3 Å². The number of likely N-dealkylation sites (tertiary alicyclic amines) is 1. The van der Waals surface area contributed by atoms with E-state index < -0.39 is 36.4 Å². The van der Waals surface area contributed by atoms with Gasteiger partial charge in [-0.3, -0.25) is 4.90 Å². The summed E-state index contributed by atoms with van der Waals surface area (Å²) in [6, 6.07) is 21.2. The lowest BCUT2D eigenvalue weighted by atomic mass is 9.89. The normalized spacial score (nSPS) is 21.5. The van der Waals surface area contributed by atoms with Gasteiger partial charge < -0.3 is 14.4 Å². The van der Waals surface area contributed by atoms with E-state index in [-0.39, 0.29) is 17.7 Å². The number of ether oxygens (including phenoxy) is 2. The monoisotopic (exact) mass is 592 g/mol. The van der Waals surface area contributed by atoms with Crippen LogP contribution in [-0.4, -0.2) is 55.4 Å². The summed E-state index contributed by atoms with van der Waals surface area (Å²) in [5, 5.41) is 0. The fraction of sp³-hybridized carbons (Fsp3) is 0.438. The van der Waals surface area contributed by atoms with Crippen LogP contribution in [0.1, 0.15) is 52.6 Å². The first-order chi connectivity index (χ1) is 20.1. The van der Waals surface area contributed by atoms with Gasteiger partial charge in [-0.05, 0) is 66.7 Å². The summed E-state index contributed by atoms with van der Waals surface area (Å²) in [6.07, 6.45) is -8.55. The Morgan fingerprint density at radius 1 is 0.714 bits per heavy atom. The summed E-state index contributed by atoms with van der Waals surface area (Å²) in [7, 11) is 0. The van der Waals surface area contributed by atoms with Gasteiger partial charge in [0.25, 0.3) is 0 Å². The Hall–Kier alpha value is -2.92. The molecule has 5 rings (SSSR count). The van der Waals surface area contributed by atoms with Gasteiger partial charge in [-0.15, -0.1) is 0 Å². The lowest BCUT2D eigenvalue weighted by Crippen LogP contribution is -2.49. The fourth-order valence-corrected chi connectivity index (χ4v) is 5.86. The third kappa shape index (κ3) is 7.72. The van der Waals surface area contributed by atoms with E-state index in [4.69, 9.17) is 9.47 Å². The van der Waals surface area contributed by atoms with Crippen molar-refractivity contribution in [2.45, 2.75) is 50.1 Å². The quantitative estimate of drug-likeness (QED) is 0.253. The molecule has 0 radical (unpaired) electrons. The average Bonchev–Trinajstić information content (AvgIpc) is 2.99. The van der Waals surface area contributed by atoms with Gasteiger partial charge in [0.15, 0.2) is 6.29 Å². The van der Waals surface area contributed by atoms with Gasteiger partial charge in [0.05, 0.1) is 30.4 Å². The standard InChI is InChI=1S/C32H34F6N2O2/c33-31(34,35)27-19-23(20-28(21-27)32(36,37)38)22-42-30-29(26-9-5-2-6-10-26)40(17-18-41-30)16-15-39-13-11-25(12-14-39)24-7-3-1-4-8-24/h1-10,19-21,25,29-30H,11-18,22H2. The number of nitrogens with zero attached hydrogens (tertiary/aromatic N) is 2. The number of morpholine rings is 1. The van der Waals surface area contributed by atoms with E-state index >= 15 is 0 Å². The lowest BCUT2D eigenvalue weighted by molar-refractivity contribution is -0.216. The molecule has 0 bridgehead atoms. The second kappa shape index (κ2) is 13.2. The van der Waals surface area contributed by atoms with Crippen molar-refractivity contribution < 1.29 is 35.8 Å². The van der Waals surface area contributed by atoms with Crippen molar-refractivity contribution in [1.29, 1.82) is 0 Å². The molecule has 0 amide bonds. The number of alkyl halides is 6. The number of piperidine rings is 1. The molecule has 0 spiro atoms. The first-order valence-electron chi connectivity index (χ1n) is 14.2. The second-order valence-corrected chi connectivity index (χ2v) is 10.9. The molecule has 3 aromatic rings. The van der Waals surface area contributed by atoms with E-state index in [1.807, 2.05) is 36.4 Å². The molecule has 2 unspecified atom stereocenters. The minimum atomic E-state index is -4.92. The van der Waals surface area contributed by atoms with Crippen molar-refractivity contribution >= 4 is 0 Å². The van der Waals surface area contributed by atoms with Crippen LogP contribution in [0, 0.1) is 0 Å². The van der Waals surface area contributed by atoms with Crippen LogP contribution >= 0.6 is 0 Å². The molecule has 2 saturated heterocycles. The van der Waals surface area contributed by atoms with Crippen LogP contribution in [0.5, 0.6) is 0 Å². The molecule has 2 aliphatic heterocycles. The molecule has 10 heteroatoms. The van der Waals surface area contributed by atoms with Crippen LogP contribution < -0.4 is 0 Å². The van der Waals surface area contributed by atoms with Crippen molar-refractivity contribution in [1.82, 2.24) is 9.80 Å². The topological polar surface area (TPSA) is 24.9 Å². The predicted molar refractivity (Wildman–Crippen MR) is 147 cm³/mol. The molecular formula is C32H34F6N2O2. The average molecular weight is 593 g/mol. The first-order valence-corrected chi connectivity index (χ1v) is 14.2. The number of hydrogen-bond donors (Lipinski definition) is 0. The van der Waals surface area contributed by atoms with Gasteiger partial charge >= 0.3 is 12.4 Å². The van der Waals surface area contributed by atoms with Gasteiger partial charge in [-0.1, -0.05) is 60.7 Å². The number of hydrogen-bond acceptors (Lipinski definition) is 4. The predicted octanol–water partition coefficient (Wildman–Crippen LogP) is 7.52. The molecule has 3 aromatic carbocycles. The Morgan fingerprint density at radius 3 is 1.86 bits per heavy atom. The summed E-state index contributed by atoms with van der Waals surface area (Å²) < 4.78 is 92.1. The summed E-state index contributed by atoms with van der Waals surface area (Å²) >= 11 is 0. The Bertz CT molecular complexity index is 1250. The molecule has 0 aliphatic carbocycles. The molecular weight excluding hydrogens is 558 g/mol. The summed E-state index contributed by atoms with van der Waals surface area (Å²) in [5.41, 5.74) is -0.663. The van der Waals surface area contributed by atoms with Gasteiger partial charge in [0, 0.05) is 19.6 Å². The highest BCUT2D eigenvalue weighted by Crippen LogP contribution is 2.37. The molecule has 2 atom stereocenters. The Morgan fingerprint density at radius 2 is 1.29 bits per heavy atom. The molecule has 4 nitrogen and oxygen atoms in total. The van der Waals surface area contributed by atoms with Crippen molar-refractivity contribution in [2.24, 2.45) is 0 Å². The molecule has 226 valence electrons. The maximum Gasteiger partial charge on any atom is 0.416 e. The zero-order chi connectivity index (χ0) is 29.7. The largest absolute Gasteiger partial charge is 0.416 e. The van der Waals surface area contributed by atoms with Crippen molar-refractivity contribution in [3.63, 3.8) is 0 Å². The van der Waals surface area contributed by atoms with E-state index in [0.717, 1.165) is 44.6 Å². The first kappa shape index (κ1) is 30.5. The number of halogens is 6. The van der Waals surface area contributed by atoms with Gasteiger partial charge in [0.1, 0.15) is 0 Å². The van der Waals surface area contributed by atoms with E-state index in [1.54, 1.807) is 0 Å². The van der Waals surface area contributed by atoms with Gasteiger partial charge in [-0.25, -0.2) is 0 Å². The van der Waals surface area contributed by atoms with Crippen LogP contribution in [0.3, 0.4) is 0 Å². The van der Waals surface area contributed by atoms with Crippen LogP contribution in [0.2, 0.25) is 0 Å². The number of benzene rings is 3. The van der Waals surface area contributed by atoms with Gasteiger partial charge in [0.2, 0.25) is 0 Å². The van der Waals surface area contributed by atoms with Gasteiger partial charge in [-0.2, -0.15) is 26.3 Å². The third-order valence-electron chi connectivity index (χ3n) is 8.08. The lowest BCUT2D eigenvalue weighted by Gasteiger charge is -2.42. The van der Waals surface area contributed by atoms with E-state index in [1.165, 1.54) is 5.56 Å².